The molecule has 0 aliphatic heterocycles. The number of aryl methyl sites for hydroxylation is 1. The minimum absolute atomic E-state index is 0.0704. The highest BCUT2D eigenvalue weighted by Gasteiger charge is 2.15. The second kappa shape index (κ2) is 13.8. The van der Waals surface area contributed by atoms with E-state index in [2.05, 4.69) is 30.0 Å². The number of hydrazine groups is 1. The number of thiocarbonyl (C=S) groups is 1. The van der Waals surface area contributed by atoms with Gasteiger partial charge in [-0.05, 0) is 66.5 Å². The van der Waals surface area contributed by atoms with Crippen LogP contribution in [0.15, 0.2) is 72.8 Å². The molecule has 3 aromatic rings. The summed E-state index contributed by atoms with van der Waals surface area (Å²) in [5.74, 6) is 1.10. The first-order chi connectivity index (χ1) is 17.8. The monoisotopic (exact) mass is 521 g/mol. The first kappa shape index (κ1) is 27.5. The van der Waals surface area contributed by atoms with Crippen molar-refractivity contribution in [2.45, 2.75) is 26.7 Å². The van der Waals surface area contributed by atoms with Gasteiger partial charge in [0.15, 0.2) is 11.7 Å². The quantitative estimate of drug-likeness (QED) is 0.208. The molecular weight excluding hydrogens is 490 g/mol. The summed E-state index contributed by atoms with van der Waals surface area (Å²) in [6, 6.07) is 22.1. The van der Waals surface area contributed by atoms with Crippen LogP contribution < -0.4 is 30.4 Å². The second-order valence-electron chi connectivity index (χ2n) is 8.45. The van der Waals surface area contributed by atoms with E-state index in [0.29, 0.717) is 23.7 Å². The first-order valence-electron chi connectivity index (χ1n) is 11.9. The molecule has 0 heterocycles. The topological polar surface area (TPSA) is 97.9 Å². The van der Waals surface area contributed by atoms with Crippen LogP contribution in [0.2, 0.25) is 0 Å². The molecule has 0 aliphatic carbocycles. The number of nitrogens with one attached hydrogen (secondary N) is 3. The van der Waals surface area contributed by atoms with Crippen molar-refractivity contribution in [3.05, 3.63) is 89.5 Å². The van der Waals surface area contributed by atoms with Crippen LogP contribution in [0.1, 0.15) is 41.3 Å². The van der Waals surface area contributed by atoms with Crippen molar-refractivity contribution in [3.8, 4) is 17.2 Å². The molecule has 0 atom stereocenters. The van der Waals surface area contributed by atoms with Crippen molar-refractivity contribution in [2.24, 2.45) is 0 Å². The normalized spacial score (nSPS) is 10.4. The van der Waals surface area contributed by atoms with Gasteiger partial charge in [0, 0.05) is 0 Å². The fraction of sp³-hybridized carbons (Fsp3) is 0.250. The lowest BCUT2D eigenvalue weighted by atomic mass is 10.0. The molecule has 9 heteroatoms. The smallest absolute Gasteiger partial charge is 0.276 e. The summed E-state index contributed by atoms with van der Waals surface area (Å²) in [7, 11) is 0. The van der Waals surface area contributed by atoms with E-state index in [1.54, 1.807) is 24.3 Å². The molecule has 2 amide bonds. The summed E-state index contributed by atoms with van der Waals surface area (Å²) in [6.07, 6.45) is 0. The standard InChI is InChI=1S/C28H31N3O5S/c1-19(2)22-14-13-20(3)17-25(22)36-18-26(32)30-31-28(37)29-27(33)23-11-7-8-12-24(23)35-16-15-34-21-9-5-4-6-10-21/h4-14,17,19H,15-16,18H2,1-3H3,(H,30,32)(H2,29,31,33,37). The molecule has 0 saturated heterocycles. The van der Waals surface area contributed by atoms with E-state index < -0.39 is 11.8 Å². The fourth-order valence-electron chi connectivity index (χ4n) is 3.36. The molecular formula is C28H31N3O5S. The van der Waals surface area contributed by atoms with E-state index in [-0.39, 0.29) is 24.2 Å². The van der Waals surface area contributed by atoms with Gasteiger partial charge < -0.3 is 14.2 Å². The molecule has 0 fully saturated rings. The molecule has 3 rings (SSSR count). The maximum Gasteiger partial charge on any atom is 0.276 e. The van der Waals surface area contributed by atoms with Crippen molar-refractivity contribution in [3.63, 3.8) is 0 Å². The van der Waals surface area contributed by atoms with Gasteiger partial charge in [-0.1, -0.05) is 56.3 Å². The highest BCUT2D eigenvalue weighted by molar-refractivity contribution is 7.80. The summed E-state index contributed by atoms with van der Waals surface area (Å²) in [4.78, 5) is 25.0. The molecule has 0 spiro atoms. The van der Waals surface area contributed by atoms with Crippen LogP contribution in [0.25, 0.3) is 0 Å². The van der Waals surface area contributed by atoms with E-state index >= 15 is 0 Å². The largest absolute Gasteiger partial charge is 0.490 e. The number of para-hydroxylation sites is 2. The van der Waals surface area contributed by atoms with Crippen molar-refractivity contribution >= 4 is 29.1 Å². The van der Waals surface area contributed by atoms with Crippen LogP contribution in [0.3, 0.4) is 0 Å². The van der Waals surface area contributed by atoms with E-state index in [4.69, 9.17) is 26.4 Å². The summed E-state index contributed by atoms with van der Waals surface area (Å²) in [5.41, 5.74) is 7.29. The maximum atomic E-state index is 12.7. The summed E-state index contributed by atoms with van der Waals surface area (Å²) < 4.78 is 17.0. The number of carbonyl (C=O) groups is 2. The Morgan fingerprint density at radius 2 is 1.54 bits per heavy atom. The Kier molecular flexibility index (Phi) is 10.3. The van der Waals surface area contributed by atoms with Crippen LogP contribution in [0, 0.1) is 6.92 Å². The Morgan fingerprint density at radius 1 is 0.838 bits per heavy atom. The maximum absolute atomic E-state index is 12.7. The Morgan fingerprint density at radius 3 is 2.30 bits per heavy atom. The third kappa shape index (κ3) is 8.80. The average Bonchev–Trinajstić information content (AvgIpc) is 2.89. The number of ether oxygens (including phenoxy) is 3. The molecule has 0 bridgehead atoms. The van der Waals surface area contributed by atoms with Crippen molar-refractivity contribution in [2.75, 3.05) is 19.8 Å². The SMILES string of the molecule is Cc1ccc(C(C)C)c(OCC(=O)NNC(=S)NC(=O)c2ccccc2OCCOc2ccccc2)c1. The minimum atomic E-state index is -0.482. The van der Waals surface area contributed by atoms with Gasteiger partial charge in [0.1, 0.15) is 30.5 Å². The Balaban J connectivity index is 1.44. The van der Waals surface area contributed by atoms with Gasteiger partial charge in [-0.3, -0.25) is 25.8 Å². The lowest BCUT2D eigenvalue weighted by Crippen LogP contribution is -2.49. The zero-order valence-electron chi connectivity index (χ0n) is 21.1. The first-order valence-corrected chi connectivity index (χ1v) is 12.3. The van der Waals surface area contributed by atoms with E-state index in [1.165, 1.54) is 0 Å². The minimum Gasteiger partial charge on any atom is -0.490 e. The lowest BCUT2D eigenvalue weighted by molar-refractivity contribution is -0.123. The Bertz CT molecular complexity index is 1220. The predicted molar refractivity (Wildman–Crippen MR) is 146 cm³/mol. The summed E-state index contributed by atoms with van der Waals surface area (Å²) in [6.45, 7) is 6.42. The third-order valence-electron chi connectivity index (χ3n) is 5.18. The van der Waals surface area contributed by atoms with Gasteiger partial charge in [-0.25, -0.2) is 0 Å². The number of hydrogen-bond donors (Lipinski definition) is 3. The molecule has 8 nitrogen and oxygen atoms in total. The summed E-state index contributed by atoms with van der Waals surface area (Å²) >= 11 is 5.14. The molecule has 0 radical (unpaired) electrons. The van der Waals surface area contributed by atoms with Crippen LogP contribution in [-0.4, -0.2) is 36.7 Å². The van der Waals surface area contributed by atoms with Crippen molar-refractivity contribution in [1.82, 2.24) is 16.2 Å². The highest BCUT2D eigenvalue weighted by atomic mass is 32.1. The van der Waals surface area contributed by atoms with Crippen LogP contribution in [0.5, 0.6) is 17.2 Å². The van der Waals surface area contributed by atoms with Gasteiger partial charge in [-0.15, -0.1) is 0 Å². The molecule has 194 valence electrons. The Labute approximate surface area is 222 Å². The van der Waals surface area contributed by atoms with Gasteiger partial charge in [0.05, 0.1) is 5.56 Å². The van der Waals surface area contributed by atoms with Gasteiger partial charge >= 0.3 is 0 Å². The highest BCUT2D eigenvalue weighted by Crippen LogP contribution is 2.27. The number of rotatable bonds is 10. The van der Waals surface area contributed by atoms with E-state index in [0.717, 1.165) is 16.9 Å². The van der Waals surface area contributed by atoms with Crippen LogP contribution >= 0.6 is 12.2 Å². The molecule has 0 aromatic heterocycles. The number of carbonyl (C=O) groups excluding carboxylic acids is 2. The zero-order chi connectivity index (χ0) is 26.6. The molecule has 0 unspecified atom stereocenters. The van der Waals surface area contributed by atoms with Gasteiger partial charge in [0.25, 0.3) is 11.8 Å². The average molecular weight is 522 g/mol. The lowest BCUT2D eigenvalue weighted by Gasteiger charge is -2.16. The molecule has 37 heavy (non-hydrogen) atoms. The Hall–Kier alpha value is -4.11. The molecule has 0 saturated carbocycles. The third-order valence-corrected chi connectivity index (χ3v) is 5.38. The zero-order valence-corrected chi connectivity index (χ0v) is 21.9. The second-order valence-corrected chi connectivity index (χ2v) is 8.86. The fourth-order valence-corrected chi connectivity index (χ4v) is 3.50. The molecule has 0 aliphatic rings. The van der Waals surface area contributed by atoms with Crippen molar-refractivity contribution < 1.29 is 23.8 Å². The van der Waals surface area contributed by atoms with E-state index in [1.807, 2.05) is 55.5 Å². The van der Waals surface area contributed by atoms with Gasteiger partial charge in [0.2, 0.25) is 0 Å². The number of benzene rings is 3. The van der Waals surface area contributed by atoms with Crippen LogP contribution in [-0.2, 0) is 4.79 Å². The predicted octanol–water partition coefficient (Wildman–Crippen LogP) is 4.29. The van der Waals surface area contributed by atoms with E-state index in [9.17, 15) is 9.59 Å². The molecule has 3 aromatic carbocycles. The molecule has 3 N–H and O–H groups in total. The number of amides is 2. The summed E-state index contributed by atoms with van der Waals surface area (Å²) in [5, 5.41) is 2.46. The van der Waals surface area contributed by atoms with Gasteiger partial charge in [-0.2, -0.15) is 0 Å². The van der Waals surface area contributed by atoms with Crippen LogP contribution in [0.4, 0.5) is 0 Å². The number of hydrogen-bond acceptors (Lipinski definition) is 6. The van der Waals surface area contributed by atoms with Crippen molar-refractivity contribution in [1.29, 1.82) is 0 Å².